The van der Waals surface area contributed by atoms with Crippen molar-refractivity contribution in [3.05, 3.63) is 47.0 Å². The molecule has 0 spiro atoms. The van der Waals surface area contributed by atoms with Gasteiger partial charge in [0, 0.05) is 5.56 Å². The Morgan fingerprint density at radius 1 is 0.867 bits per heavy atom. The van der Waals surface area contributed by atoms with Crippen LogP contribution in [0, 0.1) is 0 Å². The van der Waals surface area contributed by atoms with Gasteiger partial charge in [-0.25, -0.2) is 4.57 Å². The third kappa shape index (κ3) is 5.54. The molecule has 0 saturated heterocycles. The molecule has 9 nitrogen and oxygen atoms in total. The maximum atomic E-state index is 12.9. The van der Waals surface area contributed by atoms with Gasteiger partial charge in [0.1, 0.15) is 0 Å². The van der Waals surface area contributed by atoms with E-state index >= 15 is 0 Å². The van der Waals surface area contributed by atoms with Crippen molar-refractivity contribution in [2.24, 2.45) is 0 Å². The molecule has 0 atom stereocenters. The predicted octanol–water partition coefficient (Wildman–Crippen LogP) is 3.48. The summed E-state index contributed by atoms with van der Waals surface area (Å²) in [4.78, 5) is 31.1. The summed E-state index contributed by atoms with van der Waals surface area (Å²) in [5.41, 5.74) is 1.16. The molecule has 0 bridgehead atoms. The molecule has 10 heteroatoms. The minimum absolute atomic E-state index is 0.143. The highest BCUT2D eigenvalue weighted by Crippen LogP contribution is 2.42. The minimum atomic E-state index is -4.78. The van der Waals surface area contributed by atoms with Crippen LogP contribution in [0.5, 0.6) is 28.7 Å². The van der Waals surface area contributed by atoms with Gasteiger partial charge in [0.25, 0.3) is 0 Å². The van der Waals surface area contributed by atoms with Gasteiger partial charge in [-0.05, 0) is 48.4 Å². The first kappa shape index (κ1) is 23.3. The number of ether oxygens (including phenoxy) is 4. The lowest BCUT2D eigenvalue weighted by Gasteiger charge is -2.14. The Balaban J connectivity index is 2.43. The number of hydrogen-bond donors (Lipinski definition) is 2. The summed E-state index contributed by atoms with van der Waals surface area (Å²) < 4.78 is 36.7. The van der Waals surface area contributed by atoms with E-state index in [0.29, 0.717) is 33.9 Å². The Morgan fingerprint density at radius 2 is 1.43 bits per heavy atom. The first-order valence-electron chi connectivity index (χ1n) is 8.59. The fourth-order valence-electron chi connectivity index (χ4n) is 2.74. The van der Waals surface area contributed by atoms with E-state index in [2.05, 4.69) is 4.52 Å². The van der Waals surface area contributed by atoms with Crippen LogP contribution in [0.25, 0.3) is 6.08 Å². The molecule has 2 rings (SSSR count). The molecule has 0 amide bonds. The van der Waals surface area contributed by atoms with Crippen molar-refractivity contribution in [1.82, 2.24) is 0 Å². The SMILES string of the molecule is COc1ccc(/C=C(\C)C(=O)c2cc(OC)c(OC)c(OC)c2)cc1OP(=O)(O)O. The van der Waals surface area contributed by atoms with E-state index in [-0.39, 0.29) is 17.3 Å². The molecule has 0 saturated carbocycles. The second-order valence-electron chi connectivity index (χ2n) is 6.06. The average molecular weight is 438 g/mol. The van der Waals surface area contributed by atoms with Crippen molar-refractivity contribution in [3.8, 4) is 28.7 Å². The van der Waals surface area contributed by atoms with Gasteiger partial charge in [0.2, 0.25) is 5.75 Å². The number of ketones is 1. The Hall–Kier alpha value is -3.00. The Morgan fingerprint density at radius 3 is 1.90 bits per heavy atom. The van der Waals surface area contributed by atoms with Crippen molar-refractivity contribution in [2.75, 3.05) is 28.4 Å². The molecule has 0 aliphatic carbocycles. The highest BCUT2D eigenvalue weighted by atomic mass is 31.2. The molecule has 0 fully saturated rings. The molecule has 0 aliphatic rings. The topological polar surface area (TPSA) is 121 Å². The van der Waals surface area contributed by atoms with Crippen LogP contribution in [0.2, 0.25) is 0 Å². The first-order valence-corrected chi connectivity index (χ1v) is 10.1. The van der Waals surface area contributed by atoms with Crippen LogP contribution in [0.4, 0.5) is 0 Å². The van der Waals surface area contributed by atoms with Crippen LogP contribution >= 0.6 is 7.82 Å². The molecule has 0 unspecified atom stereocenters. The lowest BCUT2D eigenvalue weighted by atomic mass is 10.0. The van der Waals surface area contributed by atoms with Crippen LogP contribution in [-0.2, 0) is 4.57 Å². The fourth-order valence-corrected chi connectivity index (χ4v) is 3.14. The van der Waals surface area contributed by atoms with Gasteiger partial charge in [-0.15, -0.1) is 0 Å². The van der Waals surface area contributed by atoms with Crippen LogP contribution in [0.15, 0.2) is 35.9 Å². The lowest BCUT2D eigenvalue weighted by Crippen LogP contribution is -2.04. The van der Waals surface area contributed by atoms with Gasteiger partial charge >= 0.3 is 7.82 Å². The molecule has 0 aromatic heterocycles. The molecule has 30 heavy (non-hydrogen) atoms. The van der Waals surface area contributed by atoms with E-state index in [0.717, 1.165) is 0 Å². The molecule has 0 heterocycles. The van der Waals surface area contributed by atoms with Crippen LogP contribution < -0.4 is 23.5 Å². The highest BCUT2D eigenvalue weighted by Gasteiger charge is 2.20. The maximum absolute atomic E-state index is 12.9. The number of rotatable bonds is 9. The number of methoxy groups -OCH3 is 4. The van der Waals surface area contributed by atoms with Crippen molar-refractivity contribution < 1.29 is 42.6 Å². The van der Waals surface area contributed by atoms with E-state index in [1.54, 1.807) is 19.1 Å². The summed E-state index contributed by atoms with van der Waals surface area (Å²) in [6.07, 6.45) is 1.55. The van der Waals surface area contributed by atoms with E-state index in [1.807, 2.05) is 0 Å². The summed E-state index contributed by atoms with van der Waals surface area (Å²) in [7, 11) is 0.933. The molecular formula is C20H23O9P. The smallest absolute Gasteiger partial charge is 0.493 e. The molecule has 2 aromatic rings. The average Bonchev–Trinajstić information content (AvgIpc) is 2.70. The van der Waals surface area contributed by atoms with Crippen molar-refractivity contribution in [2.45, 2.75) is 6.92 Å². The van der Waals surface area contributed by atoms with Gasteiger partial charge < -0.3 is 23.5 Å². The van der Waals surface area contributed by atoms with Crippen LogP contribution in [-0.4, -0.2) is 44.0 Å². The summed E-state index contributed by atoms with van der Waals surface area (Å²) >= 11 is 0. The third-order valence-corrected chi connectivity index (χ3v) is 4.51. The zero-order valence-corrected chi connectivity index (χ0v) is 18.1. The second kappa shape index (κ2) is 9.67. The molecule has 0 radical (unpaired) electrons. The number of phosphoric acid groups is 1. The summed E-state index contributed by atoms with van der Waals surface area (Å²) in [6.45, 7) is 1.61. The standard InChI is InChI=1S/C20H23O9P/c1-12(8-13-6-7-15(25-2)16(9-13)29-30(22,23)24)19(21)14-10-17(26-3)20(28-5)18(11-14)27-4/h6-11H,1-5H3,(H2,22,23,24)/b12-8+. The van der Waals surface area contributed by atoms with E-state index < -0.39 is 7.82 Å². The maximum Gasteiger partial charge on any atom is 0.524 e. The number of carbonyl (C=O) groups excluding carboxylic acids is 1. The third-order valence-electron chi connectivity index (χ3n) is 4.07. The fraction of sp³-hybridized carbons (Fsp3) is 0.250. The van der Waals surface area contributed by atoms with E-state index in [1.165, 1.54) is 52.7 Å². The van der Waals surface area contributed by atoms with E-state index in [4.69, 9.17) is 28.7 Å². The summed E-state index contributed by atoms with van der Waals surface area (Å²) in [5.74, 6) is 0.747. The number of phosphoric ester groups is 1. The molecular weight excluding hydrogens is 415 g/mol. The molecule has 0 aliphatic heterocycles. The number of benzene rings is 2. The predicted molar refractivity (Wildman–Crippen MR) is 110 cm³/mol. The monoisotopic (exact) mass is 438 g/mol. The van der Waals surface area contributed by atoms with Crippen molar-refractivity contribution in [3.63, 3.8) is 0 Å². The Labute approximate surface area is 174 Å². The Bertz CT molecular complexity index is 982. The minimum Gasteiger partial charge on any atom is -0.493 e. The van der Waals surface area contributed by atoms with Gasteiger partial charge in [-0.3, -0.25) is 14.6 Å². The molecule has 2 aromatic carbocycles. The largest absolute Gasteiger partial charge is 0.524 e. The Kier molecular flexibility index (Phi) is 7.50. The van der Waals surface area contributed by atoms with Gasteiger partial charge in [-0.2, -0.15) is 0 Å². The second-order valence-corrected chi connectivity index (χ2v) is 7.23. The zero-order valence-electron chi connectivity index (χ0n) is 17.2. The van der Waals surface area contributed by atoms with Crippen molar-refractivity contribution >= 4 is 19.7 Å². The van der Waals surface area contributed by atoms with Crippen molar-refractivity contribution in [1.29, 1.82) is 0 Å². The summed E-state index contributed by atoms with van der Waals surface area (Å²) in [5, 5.41) is 0. The van der Waals surface area contributed by atoms with Gasteiger partial charge in [0.15, 0.2) is 28.8 Å². The lowest BCUT2D eigenvalue weighted by molar-refractivity contribution is 0.103. The van der Waals surface area contributed by atoms with Crippen LogP contribution in [0.3, 0.4) is 0 Å². The number of allylic oxidation sites excluding steroid dienone is 1. The molecule has 162 valence electrons. The first-order chi connectivity index (χ1) is 14.1. The number of carbonyl (C=O) groups is 1. The van der Waals surface area contributed by atoms with E-state index in [9.17, 15) is 9.36 Å². The van der Waals surface area contributed by atoms with Crippen LogP contribution in [0.1, 0.15) is 22.8 Å². The zero-order chi connectivity index (χ0) is 22.5. The van der Waals surface area contributed by atoms with Gasteiger partial charge in [0.05, 0.1) is 28.4 Å². The number of hydrogen-bond acceptors (Lipinski definition) is 7. The normalized spacial score (nSPS) is 11.6. The number of Topliss-reactive ketones (excluding diaryl/α,β-unsaturated/α-hetero) is 1. The quantitative estimate of drug-likeness (QED) is 0.344. The van der Waals surface area contributed by atoms with Gasteiger partial charge in [-0.1, -0.05) is 6.07 Å². The summed E-state index contributed by atoms with van der Waals surface area (Å²) in [6, 6.07) is 7.55. The molecule has 2 N–H and O–H groups in total. The highest BCUT2D eigenvalue weighted by molar-refractivity contribution is 7.46.